The Bertz CT molecular complexity index is 795. The van der Waals surface area contributed by atoms with Crippen LogP contribution in [0.5, 0.6) is 5.75 Å². The summed E-state index contributed by atoms with van der Waals surface area (Å²) in [7, 11) is -2.64. The molecule has 2 rings (SSSR count). The normalized spacial score (nSPS) is 11.3. The molecule has 9 heteroatoms. The van der Waals surface area contributed by atoms with E-state index in [0.29, 0.717) is 11.3 Å². The Hall–Kier alpha value is -1.87. The Balaban J connectivity index is 2.43. The van der Waals surface area contributed by atoms with Crippen molar-refractivity contribution in [3.05, 3.63) is 39.4 Å². The maximum absolute atomic E-state index is 13.1. The van der Waals surface area contributed by atoms with Crippen molar-refractivity contribution in [3.8, 4) is 5.75 Å². The Morgan fingerprint density at radius 3 is 2.65 bits per heavy atom. The average Bonchev–Trinajstić information content (AvgIpc) is 2.71. The molecule has 0 saturated carbocycles. The largest absolute Gasteiger partial charge is 0.494 e. The van der Waals surface area contributed by atoms with Crippen LogP contribution in [0, 0.1) is 12.7 Å². The molecular formula is C11H11FN2O4S2. The highest BCUT2D eigenvalue weighted by molar-refractivity contribution is 7.94. The Labute approximate surface area is 118 Å². The molecule has 0 atom stereocenters. The Morgan fingerprint density at radius 1 is 1.40 bits per heavy atom. The van der Waals surface area contributed by atoms with Crippen LogP contribution in [-0.4, -0.2) is 20.5 Å². The molecule has 0 spiro atoms. The molecule has 6 nitrogen and oxygen atoms in total. The fraction of sp³-hybridized carbons (Fsp3) is 0.182. The molecule has 0 aliphatic carbocycles. The van der Waals surface area contributed by atoms with Crippen LogP contribution in [0.25, 0.3) is 0 Å². The van der Waals surface area contributed by atoms with Gasteiger partial charge < -0.3 is 9.72 Å². The lowest BCUT2D eigenvalue weighted by Gasteiger charge is -2.11. The molecule has 0 amide bonds. The van der Waals surface area contributed by atoms with E-state index in [1.54, 1.807) is 0 Å². The highest BCUT2D eigenvalue weighted by atomic mass is 32.2. The summed E-state index contributed by atoms with van der Waals surface area (Å²) in [6.45, 7) is 1.48. The molecule has 1 heterocycles. The number of nitrogens with one attached hydrogen (secondary N) is 2. The van der Waals surface area contributed by atoms with E-state index in [1.165, 1.54) is 20.1 Å². The van der Waals surface area contributed by atoms with E-state index in [2.05, 4.69) is 9.71 Å². The van der Waals surface area contributed by atoms with Gasteiger partial charge in [0.2, 0.25) is 0 Å². The second kappa shape index (κ2) is 5.25. The summed E-state index contributed by atoms with van der Waals surface area (Å²) in [5.74, 6) is -0.499. The zero-order chi connectivity index (χ0) is 14.9. The molecule has 0 saturated heterocycles. The minimum Gasteiger partial charge on any atom is -0.494 e. The number of anilines is 1. The fourth-order valence-corrected chi connectivity index (χ4v) is 3.96. The first-order valence-electron chi connectivity index (χ1n) is 5.39. The minimum atomic E-state index is -3.93. The van der Waals surface area contributed by atoms with Crippen molar-refractivity contribution >= 4 is 27.0 Å². The molecular weight excluding hydrogens is 307 g/mol. The maximum Gasteiger partial charge on any atom is 0.306 e. The minimum absolute atomic E-state index is 0.0501. The van der Waals surface area contributed by atoms with Crippen molar-refractivity contribution in [2.24, 2.45) is 0 Å². The number of H-pyrrole nitrogens is 1. The van der Waals surface area contributed by atoms with Gasteiger partial charge in [0.25, 0.3) is 10.0 Å². The number of aromatic amines is 1. The van der Waals surface area contributed by atoms with E-state index in [1.807, 2.05) is 0 Å². The molecule has 0 bridgehead atoms. The number of aromatic nitrogens is 1. The van der Waals surface area contributed by atoms with Gasteiger partial charge in [0.05, 0.1) is 12.8 Å². The van der Waals surface area contributed by atoms with Crippen molar-refractivity contribution in [1.29, 1.82) is 0 Å². The topological polar surface area (TPSA) is 88.3 Å². The van der Waals surface area contributed by atoms with Crippen LogP contribution in [0.4, 0.5) is 10.1 Å². The lowest BCUT2D eigenvalue weighted by Crippen LogP contribution is -2.13. The molecule has 0 radical (unpaired) electrons. The van der Waals surface area contributed by atoms with Crippen molar-refractivity contribution in [2.75, 3.05) is 11.8 Å². The fourth-order valence-electron chi connectivity index (χ4n) is 1.59. The first-order valence-corrected chi connectivity index (χ1v) is 7.69. The van der Waals surface area contributed by atoms with E-state index < -0.39 is 20.7 Å². The van der Waals surface area contributed by atoms with Crippen LogP contribution in [0.3, 0.4) is 0 Å². The monoisotopic (exact) mass is 318 g/mol. The van der Waals surface area contributed by atoms with Gasteiger partial charge in [0, 0.05) is 11.8 Å². The lowest BCUT2D eigenvalue weighted by molar-refractivity contribution is 0.413. The van der Waals surface area contributed by atoms with Crippen LogP contribution in [0.2, 0.25) is 0 Å². The molecule has 1 aromatic carbocycles. The van der Waals surface area contributed by atoms with Gasteiger partial charge in [0.15, 0.2) is 4.21 Å². The third kappa shape index (κ3) is 2.83. The van der Waals surface area contributed by atoms with Gasteiger partial charge in [0.1, 0.15) is 11.6 Å². The number of thiazole rings is 1. The quantitative estimate of drug-likeness (QED) is 0.898. The predicted octanol–water partition coefficient (Wildman–Crippen LogP) is 1.69. The smallest absolute Gasteiger partial charge is 0.306 e. The summed E-state index contributed by atoms with van der Waals surface area (Å²) in [4.78, 5) is 13.1. The van der Waals surface area contributed by atoms with Gasteiger partial charge in [-0.25, -0.2) is 12.8 Å². The maximum atomic E-state index is 13.1. The molecule has 0 aliphatic rings. The summed E-state index contributed by atoms with van der Waals surface area (Å²) < 4.78 is 44.5. The zero-order valence-electron chi connectivity index (χ0n) is 10.6. The van der Waals surface area contributed by atoms with Gasteiger partial charge in [-0.2, -0.15) is 0 Å². The van der Waals surface area contributed by atoms with Crippen LogP contribution in [0.1, 0.15) is 5.69 Å². The number of halogens is 1. The predicted molar refractivity (Wildman–Crippen MR) is 73.4 cm³/mol. The summed E-state index contributed by atoms with van der Waals surface area (Å²) in [5, 5.41) is 0. The van der Waals surface area contributed by atoms with Crippen LogP contribution in [-0.2, 0) is 10.0 Å². The summed E-state index contributed by atoms with van der Waals surface area (Å²) in [5.41, 5.74) is 0.336. The molecule has 1 aromatic heterocycles. The molecule has 20 heavy (non-hydrogen) atoms. The number of hydrogen-bond donors (Lipinski definition) is 2. The number of methoxy groups -OCH3 is 1. The zero-order valence-corrected chi connectivity index (χ0v) is 12.2. The number of benzene rings is 1. The third-order valence-corrected chi connectivity index (χ3v) is 5.40. The van der Waals surface area contributed by atoms with Gasteiger partial charge in [-0.15, -0.1) is 0 Å². The Kier molecular flexibility index (Phi) is 3.82. The van der Waals surface area contributed by atoms with Gasteiger partial charge >= 0.3 is 4.87 Å². The van der Waals surface area contributed by atoms with E-state index in [-0.39, 0.29) is 21.3 Å². The molecule has 2 N–H and O–H groups in total. The number of ether oxygens (including phenoxy) is 1. The number of hydrogen-bond acceptors (Lipinski definition) is 5. The van der Waals surface area contributed by atoms with Crippen molar-refractivity contribution in [3.63, 3.8) is 0 Å². The van der Waals surface area contributed by atoms with Gasteiger partial charge in [-0.1, -0.05) is 11.3 Å². The molecule has 0 aliphatic heterocycles. The Morgan fingerprint density at radius 2 is 2.10 bits per heavy atom. The van der Waals surface area contributed by atoms with Crippen molar-refractivity contribution < 1.29 is 17.5 Å². The first-order chi connectivity index (χ1) is 9.33. The SMILES string of the molecule is COc1cc(F)ccc1NS(=O)(=O)c1sc(=O)[nH]c1C. The van der Waals surface area contributed by atoms with Gasteiger partial charge in [-0.05, 0) is 19.1 Å². The second-order valence-corrected chi connectivity index (χ2v) is 6.74. The number of sulfonamides is 1. The van der Waals surface area contributed by atoms with E-state index >= 15 is 0 Å². The van der Waals surface area contributed by atoms with Crippen molar-refractivity contribution in [2.45, 2.75) is 11.1 Å². The molecule has 0 unspecified atom stereocenters. The third-order valence-electron chi connectivity index (χ3n) is 2.43. The number of aryl methyl sites for hydroxylation is 1. The van der Waals surface area contributed by atoms with Crippen LogP contribution in [0.15, 0.2) is 27.2 Å². The summed E-state index contributed by atoms with van der Waals surface area (Å²) in [6.07, 6.45) is 0. The van der Waals surface area contributed by atoms with Gasteiger partial charge in [-0.3, -0.25) is 9.52 Å². The van der Waals surface area contributed by atoms with E-state index in [0.717, 1.165) is 12.1 Å². The first kappa shape index (κ1) is 14.5. The van der Waals surface area contributed by atoms with Crippen molar-refractivity contribution in [1.82, 2.24) is 4.98 Å². The second-order valence-electron chi connectivity index (χ2n) is 3.88. The molecule has 2 aromatic rings. The lowest BCUT2D eigenvalue weighted by atomic mass is 10.3. The standard InChI is InChI=1S/C11H11FN2O4S2/c1-6-10(19-11(15)13-6)20(16,17)14-8-4-3-7(12)5-9(8)18-2/h3-5,14H,1-2H3,(H,13,15). The number of rotatable bonds is 4. The van der Waals surface area contributed by atoms with E-state index in [4.69, 9.17) is 4.74 Å². The van der Waals surface area contributed by atoms with Crippen LogP contribution >= 0.6 is 11.3 Å². The highest BCUT2D eigenvalue weighted by Gasteiger charge is 2.22. The average molecular weight is 318 g/mol. The highest BCUT2D eigenvalue weighted by Crippen LogP contribution is 2.28. The summed E-state index contributed by atoms with van der Waals surface area (Å²) >= 11 is 0.581. The summed E-state index contributed by atoms with van der Waals surface area (Å²) in [6, 6.07) is 3.41. The molecule has 0 fully saturated rings. The molecule has 108 valence electrons. The van der Waals surface area contributed by atoms with Crippen LogP contribution < -0.4 is 14.3 Å². The van der Waals surface area contributed by atoms with E-state index in [9.17, 15) is 17.6 Å².